The van der Waals surface area contributed by atoms with Gasteiger partial charge in [-0.05, 0) is 12.8 Å². The van der Waals surface area contributed by atoms with Gasteiger partial charge in [0.25, 0.3) is 0 Å². The first kappa shape index (κ1) is 8.27. The van der Waals surface area contributed by atoms with Crippen LogP contribution in [0.5, 0.6) is 0 Å². The van der Waals surface area contributed by atoms with Gasteiger partial charge in [0.1, 0.15) is 5.25 Å². The van der Waals surface area contributed by atoms with Crippen LogP contribution in [0.2, 0.25) is 0 Å². The summed E-state index contributed by atoms with van der Waals surface area (Å²) in [5, 5.41) is -0.0149. The van der Waals surface area contributed by atoms with Crippen molar-refractivity contribution in [1.29, 1.82) is 0 Å². The largest absolute Gasteiger partial charge is 0.465 e. The summed E-state index contributed by atoms with van der Waals surface area (Å²) in [5.41, 5.74) is 0. The molecule has 58 valence electrons. The van der Waals surface area contributed by atoms with Gasteiger partial charge < -0.3 is 4.74 Å². The fourth-order valence-electron chi connectivity index (χ4n) is 0.864. The van der Waals surface area contributed by atoms with Gasteiger partial charge in [-0.25, -0.2) is 0 Å². The van der Waals surface area contributed by atoms with Crippen LogP contribution in [-0.4, -0.2) is 23.1 Å². The van der Waals surface area contributed by atoms with Crippen LogP contribution < -0.4 is 0 Å². The summed E-state index contributed by atoms with van der Waals surface area (Å²) in [6.45, 7) is 0.490. The summed E-state index contributed by atoms with van der Waals surface area (Å²) in [6, 6.07) is 0. The third-order valence-corrected chi connectivity index (χ3v) is 2.35. The molecule has 10 heavy (non-hydrogen) atoms. The minimum Gasteiger partial charge on any atom is -0.465 e. The number of hydrogen-bond donors (Lipinski definition) is 2. The van der Waals surface area contributed by atoms with Crippen molar-refractivity contribution in [2.75, 3.05) is 6.61 Å². The molecular formula is C6H10O2S2. The molecule has 0 aromatic heterocycles. The number of carbonyl (C=O) groups excluding carboxylic acids is 1. The van der Waals surface area contributed by atoms with Crippen molar-refractivity contribution in [1.82, 2.24) is 0 Å². The Hall–Kier alpha value is 0.170. The van der Waals surface area contributed by atoms with Gasteiger partial charge in [0.05, 0.1) is 6.61 Å². The molecule has 0 radical (unpaired) electrons. The van der Waals surface area contributed by atoms with Crippen LogP contribution in [0.1, 0.15) is 12.8 Å². The molecule has 1 fully saturated rings. The van der Waals surface area contributed by atoms with E-state index in [1.54, 1.807) is 0 Å². The van der Waals surface area contributed by atoms with E-state index in [9.17, 15) is 4.79 Å². The van der Waals surface area contributed by atoms with Gasteiger partial charge in [-0.15, -0.1) is 0 Å². The predicted octanol–water partition coefficient (Wildman–Crippen LogP) is 0.920. The summed E-state index contributed by atoms with van der Waals surface area (Å²) in [7, 11) is 0. The Morgan fingerprint density at radius 1 is 1.50 bits per heavy atom. The molecule has 0 amide bonds. The number of rotatable bonds is 0. The molecule has 0 aromatic carbocycles. The molecule has 4 heteroatoms. The van der Waals surface area contributed by atoms with Crippen LogP contribution in [-0.2, 0) is 9.53 Å². The fraction of sp³-hybridized carbons (Fsp3) is 0.833. The molecule has 0 N–H and O–H groups in total. The number of cyclic esters (lactones) is 1. The molecule has 1 aliphatic heterocycles. The zero-order valence-electron chi connectivity index (χ0n) is 5.49. The highest BCUT2D eigenvalue weighted by atomic mass is 32.1. The van der Waals surface area contributed by atoms with E-state index in [1.165, 1.54) is 0 Å². The molecule has 1 heterocycles. The van der Waals surface area contributed by atoms with E-state index in [-0.39, 0.29) is 16.5 Å². The third-order valence-electron chi connectivity index (χ3n) is 1.46. The molecule has 0 aliphatic carbocycles. The van der Waals surface area contributed by atoms with E-state index in [4.69, 9.17) is 4.74 Å². The lowest BCUT2D eigenvalue weighted by molar-refractivity contribution is -0.142. The maximum atomic E-state index is 10.8. The van der Waals surface area contributed by atoms with E-state index < -0.39 is 0 Å². The van der Waals surface area contributed by atoms with Crippen molar-refractivity contribution in [3.8, 4) is 0 Å². The van der Waals surface area contributed by atoms with Crippen LogP contribution in [0.4, 0.5) is 0 Å². The molecule has 0 spiro atoms. The molecule has 2 nitrogen and oxygen atoms in total. The summed E-state index contributed by atoms with van der Waals surface area (Å²) in [6.07, 6.45) is 1.55. The zero-order chi connectivity index (χ0) is 7.56. The minimum absolute atomic E-state index is 0.208. The van der Waals surface area contributed by atoms with E-state index >= 15 is 0 Å². The van der Waals surface area contributed by atoms with Crippen molar-refractivity contribution in [2.24, 2.45) is 0 Å². The van der Waals surface area contributed by atoms with Crippen LogP contribution in [0.15, 0.2) is 0 Å². The topological polar surface area (TPSA) is 26.3 Å². The number of thiol groups is 2. The van der Waals surface area contributed by atoms with Gasteiger partial charge in [-0.3, -0.25) is 4.79 Å². The molecule has 2 unspecified atom stereocenters. The van der Waals surface area contributed by atoms with Gasteiger partial charge in [-0.2, -0.15) is 25.3 Å². The predicted molar refractivity (Wildman–Crippen MR) is 45.7 cm³/mol. The Labute approximate surface area is 71.1 Å². The standard InChI is InChI=1S/C6H10O2S2/c7-6-5(10)3-4(9)1-2-8-6/h4-5,9-10H,1-3H2. The van der Waals surface area contributed by atoms with Gasteiger partial charge in [-0.1, -0.05) is 0 Å². The average Bonchev–Trinajstić information content (AvgIpc) is 1.96. The molecule has 0 saturated carbocycles. The van der Waals surface area contributed by atoms with Crippen molar-refractivity contribution in [2.45, 2.75) is 23.3 Å². The Morgan fingerprint density at radius 2 is 2.20 bits per heavy atom. The summed E-state index contributed by atoms with van der Waals surface area (Å²) >= 11 is 8.31. The van der Waals surface area contributed by atoms with Crippen LogP contribution >= 0.6 is 25.3 Å². The molecule has 2 atom stereocenters. The molecule has 1 aliphatic rings. The highest BCUT2D eigenvalue weighted by molar-refractivity contribution is 7.82. The maximum Gasteiger partial charge on any atom is 0.318 e. The summed E-state index contributed by atoms with van der Waals surface area (Å²) in [5.74, 6) is -0.208. The van der Waals surface area contributed by atoms with Gasteiger partial charge in [0.15, 0.2) is 0 Å². The maximum absolute atomic E-state index is 10.8. The summed E-state index contributed by atoms with van der Waals surface area (Å²) < 4.78 is 4.82. The monoisotopic (exact) mass is 178 g/mol. The van der Waals surface area contributed by atoms with Crippen molar-refractivity contribution < 1.29 is 9.53 Å². The van der Waals surface area contributed by atoms with E-state index in [2.05, 4.69) is 25.3 Å². The molecular weight excluding hydrogens is 168 g/mol. The zero-order valence-corrected chi connectivity index (χ0v) is 7.28. The quantitative estimate of drug-likeness (QED) is 0.426. The van der Waals surface area contributed by atoms with Crippen LogP contribution in [0, 0.1) is 0 Å². The second-order valence-electron chi connectivity index (χ2n) is 2.36. The number of esters is 1. The second-order valence-corrected chi connectivity index (χ2v) is 3.72. The fourth-order valence-corrected chi connectivity index (χ4v) is 1.68. The SMILES string of the molecule is O=C1OCCC(S)CC1S. The van der Waals surface area contributed by atoms with E-state index in [1.807, 2.05) is 0 Å². The molecule has 1 rings (SSSR count). The van der Waals surface area contributed by atoms with Gasteiger partial charge in [0, 0.05) is 5.25 Å². The third kappa shape index (κ3) is 2.09. The van der Waals surface area contributed by atoms with Gasteiger partial charge in [0.2, 0.25) is 0 Å². The average molecular weight is 178 g/mol. The lowest BCUT2D eigenvalue weighted by Gasteiger charge is -2.05. The van der Waals surface area contributed by atoms with Crippen LogP contribution in [0.25, 0.3) is 0 Å². The molecule has 1 saturated heterocycles. The Bertz CT molecular complexity index is 138. The highest BCUT2D eigenvalue weighted by Crippen LogP contribution is 2.18. The first-order valence-electron chi connectivity index (χ1n) is 3.23. The number of ether oxygens (including phenoxy) is 1. The smallest absolute Gasteiger partial charge is 0.318 e. The van der Waals surface area contributed by atoms with Crippen molar-refractivity contribution in [3.05, 3.63) is 0 Å². The minimum atomic E-state index is -0.273. The van der Waals surface area contributed by atoms with Gasteiger partial charge >= 0.3 is 5.97 Å². The second kappa shape index (κ2) is 3.53. The van der Waals surface area contributed by atoms with E-state index in [0.717, 1.165) is 6.42 Å². The van der Waals surface area contributed by atoms with Crippen molar-refractivity contribution in [3.63, 3.8) is 0 Å². The summed E-state index contributed by atoms with van der Waals surface area (Å²) in [4.78, 5) is 10.8. The molecule has 0 aromatic rings. The number of carbonyl (C=O) groups is 1. The first-order valence-corrected chi connectivity index (χ1v) is 4.26. The first-order chi connectivity index (χ1) is 4.70. The lowest BCUT2D eigenvalue weighted by atomic mass is 10.2. The Kier molecular flexibility index (Phi) is 2.92. The van der Waals surface area contributed by atoms with E-state index in [0.29, 0.717) is 13.0 Å². The Balaban J connectivity index is 2.49. The lowest BCUT2D eigenvalue weighted by Crippen LogP contribution is -2.16. The van der Waals surface area contributed by atoms with Crippen LogP contribution in [0.3, 0.4) is 0 Å². The number of hydrogen-bond acceptors (Lipinski definition) is 4. The highest BCUT2D eigenvalue weighted by Gasteiger charge is 2.22. The Morgan fingerprint density at radius 3 is 2.90 bits per heavy atom. The normalized spacial score (nSPS) is 34.8. The van der Waals surface area contributed by atoms with Crippen molar-refractivity contribution >= 4 is 31.2 Å². The molecule has 0 bridgehead atoms.